The summed E-state index contributed by atoms with van der Waals surface area (Å²) in [6.45, 7) is 2.95. The number of esters is 2. The summed E-state index contributed by atoms with van der Waals surface area (Å²) in [6.07, 6.45) is 14.8. The van der Waals surface area contributed by atoms with Crippen LogP contribution in [-0.2, 0) is 14.3 Å². The Bertz CT molecular complexity index is 449. The van der Waals surface area contributed by atoms with Gasteiger partial charge in [-0.15, -0.1) is 0 Å². The highest BCUT2D eigenvalue weighted by Crippen LogP contribution is 2.19. The summed E-state index contributed by atoms with van der Waals surface area (Å²) in [7, 11) is 0. The van der Waals surface area contributed by atoms with Crippen molar-refractivity contribution in [2.75, 3.05) is 6.61 Å². The van der Waals surface area contributed by atoms with E-state index in [1.54, 1.807) is 0 Å². The average molecular weight is 415 g/mol. The highest BCUT2D eigenvalue weighted by Gasteiger charge is 2.24. The van der Waals surface area contributed by atoms with Crippen molar-refractivity contribution in [1.29, 1.82) is 0 Å². The predicted octanol–water partition coefficient (Wildman–Crippen LogP) is 4.05. The van der Waals surface area contributed by atoms with E-state index in [0.717, 1.165) is 51.4 Å². The molecule has 0 aliphatic rings. The molecule has 0 amide bonds. The summed E-state index contributed by atoms with van der Waals surface area (Å²) in [4.78, 5) is 22.9. The Kier molecular flexibility index (Phi) is 18.0. The SMILES string of the molecule is CCCCCC[C@@H](O)C/C=C\CCCCCCC(CC(O)CO)C(=O)OC(C)=O. The lowest BCUT2D eigenvalue weighted by atomic mass is 9.94. The van der Waals surface area contributed by atoms with Crippen LogP contribution in [0.1, 0.15) is 97.3 Å². The van der Waals surface area contributed by atoms with Gasteiger partial charge in [0, 0.05) is 6.92 Å². The second-order valence-corrected chi connectivity index (χ2v) is 7.88. The zero-order valence-corrected chi connectivity index (χ0v) is 18.4. The molecule has 2 unspecified atom stereocenters. The van der Waals surface area contributed by atoms with Crippen LogP contribution in [0.15, 0.2) is 12.2 Å². The number of hydrogen-bond acceptors (Lipinski definition) is 6. The van der Waals surface area contributed by atoms with Gasteiger partial charge >= 0.3 is 11.9 Å². The molecule has 3 atom stereocenters. The molecule has 0 saturated carbocycles. The molecule has 0 aliphatic carbocycles. The van der Waals surface area contributed by atoms with E-state index in [-0.39, 0.29) is 12.5 Å². The number of unbranched alkanes of at least 4 members (excludes halogenated alkanes) is 7. The van der Waals surface area contributed by atoms with Gasteiger partial charge in [-0.05, 0) is 38.5 Å². The van der Waals surface area contributed by atoms with E-state index in [9.17, 15) is 19.8 Å². The molecule has 29 heavy (non-hydrogen) atoms. The molecule has 0 radical (unpaired) electrons. The summed E-state index contributed by atoms with van der Waals surface area (Å²) in [6, 6.07) is 0. The minimum Gasteiger partial charge on any atom is -0.394 e. The Labute approximate surface area is 176 Å². The normalized spacial score (nSPS) is 14.7. The van der Waals surface area contributed by atoms with Gasteiger partial charge in [0.1, 0.15) is 0 Å². The standard InChI is InChI=1S/C23H42O6/c1-3-4-5-12-15-21(26)16-13-10-8-6-7-9-11-14-20(17-22(27)18-24)23(28)29-19(2)25/h10,13,20-22,24,26-27H,3-9,11-12,14-18H2,1-2H3/b13-10-/t20?,21-,22?/m1/s1. The Morgan fingerprint density at radius 1 is 0.897 bits per heavy atom. The first-order valence-electron chi connectivity index (χ1n) is 11.2. The molecule has 0 aliphatic heterocycles. The van der Waals surface area contributed by atoms with Crippen molar-refractivity contribution >= 4 is 11.9 Å². The number of hydrogen-bond donors (Lipinski definition) is 3. The molecule has 170 valence electrons. The number of carbonyl (C=O) groups excluding carboxylic acids is 2. The van der Waals surface area contributed by atoms with Gasteiger partial charge in [-0.2, -0.15) is 0 Å². The van der Waals surface area contributed by atoms with Crippen LogP contribution in [0.4, 0.5) is 0 Å². The molecule has 0 rings (SSSR count). The largest absolute Gasteiger partial charge is 0.394 e. The van der Waals surface area contributed by atoms with Gasteiger partial charge in [0.05, 0.1) is 24.7 Å². The molecular formula is C23H42O6. The van der Waals surface area contributed by atoms with Gasteiger partial charge < -0.3 is 20.1 Å². The van der Waals surface area contributed by atoms with Crippen LogP contribution in [0.2, 0.25) is 0 Å². The van der Waals surface area contributed by atoms with E-state index >= 15 is 0 Å². The monoisotopic (exact) mass is 414 g/mol. The summed E-state index contributed by atoms with van der Waals surface area (Å²) in [5.74, 6) is -1.85. The second-order valence-electron chi connectivity index (χ2n) is 7.88. The zero-order valence-electron chi connectivity index (χ0n) is 18.4. The maximum Gasteiger partial charge on any atom is 0.316 e. The van der Waals surface area contributed by atoms with E-state index in [2.05, 4.69) is 23.8 Å². The summed E-state index contributed by atoms with van der Waals surface area (Å²) < 4.78 is 4.64. The minimum absolute atomic E-state index is 0.103. The number of ether oxygens (including phenoxy) is 1. The smallest absolute Gasteiger partial charge is 0.316 e. The lowest BCUT2D eigenvalue weighted by Crippen LogP contribution is -2.26. The van der Waals surface area contributed by atoms with E-state index in [0.29, 0.717) is 6.42 Å². The van der Waals surface area contributed by atoms with Crippen molar-refractivity contribution < 1.29 is 29.6 Å². The van der Waals surface area contributed by atoms with Gasteiger partial charge in [-0.1, -0.05) is 64.0 Å². The van der Waals surface area contributed by atoms with Gasteiger partial charge in [-0.3, -0.25) is 9.59 Å². The third-order valence-corrected chi connectivity index (χ3v) is 4.98. The fourth-order valence-corrected chi connectivity index (χ4v) is 3.26. The lowest BCUT2D eigenvalue weighted by Gasteiger charge is -2.17. The van der Waals surface area contributed by atoms with E-state index in [1.807, 2.05) is 0 Å². The molecule has 6 heteroatoms. The quantitative estimate of drug-likeness (QED) is 0.135. The van der Waals surface area contributed by atoms with Gasteiger partial charge in [0.15, 0.2) is 0 Å². The van der Waals surface area contributed by atoms with Gasteiger partial charge in [-0.25, -0.2) is 0 Å². The Balaban J connectivity index is 3.87. The molecule has 0 saturated heterocycles. The third-order valence-electron chi connectivity index (χ3n) is 4.98. The lowest BCUT2D eigenvalue weighted by molar-refractivity contribution is -0.162. The number of aliphatic hydroxyl groups excluding tert-OH is 3. The molecule has 0 bridgehead atoms. The molecule has 0 aromatic heterocycles. The van der Waals surface area contributed by atoms with Crippen LogP contribution in [0.25, 0.3) is 0 Å². The van der Waals surface area contributed by atoms with Crippen molar-refractivity contribution in [3.63, 3.8) is 0 Å². The fraction of sp³-hybridized carbons (Fsp3) is 0.826. The van der Waals surface area contributed by atoms with Crippen LogP contribution in [0.5, 0.6) is 0 Å². The van der Waals surface area contributed by atoms with Crippen molar-refractivity contribution in [2.45, 2.75) is 110 Å². The summed E-state index contributed by atoms with van der Waals surface area (Å²) >= 11 is 0. The van der Waals surface area contributed by atoms with Crippen molar-refractivity contribution in [1.82, 2.24) is 0 Å². The second kappa shape index (κ2) is 18.8. The Hall–Kier alpha value is -1.24. The third kappa shape index (κ3) is 17.3. The zero-order chi connectivity index (χ0) is 21.9. The number of rotatable bonds is 18. The van der Waals surface area contributed by atoms with E-state index in [4.69, 9.17) is 5.11 Å². The van der Waals surface area contributed by atoms with Gasteiger partial charge in [0.25, 0.3) is 0 Å². The fourth-order valence-electron chi connectivity index (χ4n) is 3.26. The highest BCUT2D eigenvalue weighted by molar-refractivity contribution is 5.85. The van der Waals surface area contributed by atoms with Crippen molar-refractivity contribution in [3.8, 4) is 0 Å². The first-order valence-corrected chi connectivity index (χ1v) is 11.2. The summed E-state index contributed by atoms with van der Waals surface area (Å²) in [5.41, 5.74) is 0. The molecule has 0 aromatic rings. The number of carbonyl (C=O) groups is 2. The molecule has 0 fully saturated rings. The summed E-state index contributed by atoms with van der Waals surface area (Å²) in [5, 5.41) is 28.5. The first kappa shape index (κ1) is 27.8. The van der Waals surface area contributed by atoms with Crippen LogP contribution in [0, 0.1) is 5.92 Å². The van der Waals surface area contributed by atoms with Crippen LogP contribution >= 0.6 is 0 Å². The maximum absolute atomic E-state index is 11.9. The number of allylic oxidation sites excluding steroid dienone is 1. The Morgan fingerprint density at radius 2 is 1.55 bits per heavy atom. The molecular weight excluding hydrogens is 372 g/mol. The van der Waals surface area contributed by atoms with Crippen molar-refractivity contribution in [2.24, 2.45) is 5.92 Å². The van der Waals surface area contributed by atoms with Crippen LogP contribution in [0.3, 0.4) is 0 Å². The first-order chi connectivity index (χ1) is 13.9. The van der Waals surface area contributed by atoms with Crippen LogP contribution in [-0.4, -0.2) is 46.1 Å². The number of aliphatic hydroxyl groups is 3. The average Bonchev–Trinajstić information content (AvgIpc) is 2.68. The van der Waals surface area contributed by atoms with E-state index < -0.39 is 30.6 Å². The molecule has 0 spiro atoms. The predicted molar refractivity (Wildman–Crippen MR) is 114 cm³/mol. The molecule has 0 aromatic carbocycles. The minimum atomic E-state index is -0.980. The Morgan fingerprint density at radius 3 is 2.21 bits per heavy atom. The molecule has 6 nitrogen and oxygen atoms in total. The molecule has 3 N–H and O–H groups in total. The van der Waals surface area contributed by atoms with Crippen LogP contribution < -0.4 is 0 Å². The van der Waals surface area contributed by atoms with E-state index in [1.165, 1.54) is 26.2 Å². The molecule has 0 heterocycles. The maximum atomic E-state index is 11.9. The van der Waals surface area contributed by atoms with Crippen molar-refractivity contribution in [3.05, 3.63) is 12.2 Å². The van der Waals surface area contributed by atoms with Gasteiger partial charge in [0.2, 0.25) is 0 Å². The topological polar surface area (TPSA) is 104 Å². The highest BCUT2D eigenvalue weighted by atomic mass is 16.6.